The Morgan fingerprint density at radius 3 is 2.70 bits per heavy atom. The van der Waals surface area contributed by atoms with Gasteiger partial charge in [0.05, 0.1) is 12.4 Å². The number of nitrogens with one attached hydrogen (secondary N) is 1. The topological polar surface area (TPSA) is 38.3 Å². The van der Waals surface area contributed by atoms with Crippen LogP contribution < -0.4 is 5.32 Å². The molecule has 0 bridgehead atoms. The zero-order valence-corrected chi connectivity index (χ0v) is 14.5. The Balaban J connectivity index is 1.73. The normalized spacial score (nSPS) is 10.5. The van der Waals surface area contributed by atoms with Gasteiger partial charge in [0, 0.05) is 19.4 Å². The summed E-state index contributed by atoms with van der Waals surface area (Å²) in [7, 11) is 1.68. The minimum absolute atomic E-state index is 0.0701. The van der Waals surface area contributed by atoms with Crippen LogP contribution in [0.2, 0.25) is 0 Å². The summed E-state index contributed by atoms with van der Waals surface area (Å²) < 4.78 is 5.12. The molecule has 0 atom stereocenters. The molecular formula is C19H23NO2S. The molecule has 2 rings (SSSR count). The van der Waals surface area contributed by atoms with Crippen LogP contribution in [0.1, 0.15) is 22.3 Å². The lowest BCUT2D eigenvalue weighted by Gasteiger charge is -2.08. The minimum Gasteiger partial charge on any atom is -0.380 e. The second-order valence-electron chi connectivity index (χ2n) is 5.45. The van der Waals surface area contributed by atoms with Gasteiger partial charge in [0.1, 0.15) is 0 Å². The maximum atomic E-state index is 11.9. The molecule has 0 aliphatic carbocycles. The van der Waals surface area contributed by atoms with E-state index >= 15 is 0 Å². The molecule has 0 radical (unpaired) electrons. The fourth-order valence-electron chi connectivity index (χ4n) is 2.27. The van der Waals surface area contributed by atoms with E-state index in [-0.39, 0.29) is 5.91 Å². The predicted octanol–water partition coefficient (Wildman–Crippen LogP) is 3.69. The zero-order valence-electron chi connectivity index (χ0n) is 13.7. The van der Waals surface area contributed by atoms with Crippen molar-refractivity contribution < 1.29 is 9.53 Å². The molecule has 0 spiro atoms. The van der Waals surface area contributed by atoms with Gasteiger partial charge < -0.3 is 10.1 Å². The first kappa shape index (κ1) is 17.6. The number of hydrogen-bond acceptors (Lipinski definition) is 3. The molecule has 122 valence electrons. The summed E-state index contributed by atoms with van der Waals surface area (Å²) in [4.78, 5) is 11.9. The number of carbonyl (C=O) groups is 1. The van der Waals surface area contributed by atoms with E-state index in [2.05, 4.69) is 30.4 Å². The van der Waals surface area contributed by atoms with Crippen LogP contribution in [0.3, 0.4) is 0 Å². The van der Waals surface area contributed by atoms with Gasteiger partial charge in [-0.15, -0.1) is 11.8 Å². The summed E-state index contributed by atoms with van der Waals surface area (Å²) in [5.74, 6) is 1.41. The van der Waals surface area contributed by atoms with Crippen molar-refractivity contribution in [2.24, 2.45) is 0 Å². The average Bonchev–Trinajstić information content (AvgIpc) is 2.55. The summed E-state index contributed by atoms with van der Waals surface area (Å²) in [5, 5.41) is 2.97. The first-order valence-electron chi connectivity index (χ1n) is 7.64. The van der Waals surface area contributed by atoms with Gasteiger partial charge in [-0.3, -0.25) is 4.79 Å². The molecule has 0 heterocycles. The van der Waals surface area contributed by atoms with Crippen molar-refractivity contribution in [1.29, 1.82) is 0 Å². The quantitative estimate of drug-likeness (QED) is 0.803. The van der Waals surface area contributed by atoms with Crippen LogP contribution in [0.5, 0.6) is 0 Å². The van der Waals surface area contributed by atoms with Crippen LogP contribution in [-0.2, 0) is 28.4 Å². The molecule has 1 N–H and O–H groups in total. The van der Waals surface area contributed by atoms with Gasteiger partial charge in [0.15, 0.2) is 0 Å². The second-order valence-corrected chi connectivity index (χ2v) is 6.43. The highest BCUT2D eigenvalue weighted by Crippen LogP contribution is 2.15. The number of thioether (sulfide) groups is 1. The molecule has 0 fully saturated rings. The number of rotatable bonds is 8. The Morgan fingerprint density at radius 2 is 1.91 bits per heavy atom. The lowest BCUT2D eigenvalue weighted by Crippen LogP contribution is -2.24. The Labute approximate surface area is 142 Å². The minimum atomic E-state index is 0.0701. The van der Waals surface area contributed by atoms with Crippen LogP contribution in [0, 0.1) is 6.92 Å². The molecule has 0 saturated carbocycles. The van der Waals surface area contributed by atoms with Gasteiger partial charge in [-0.25, -0.2) is 0 Å². The first-order chi connectivity index (χ1) is 11.2. The predicted molar refractivity (Wildman–Crippen MR) is 96.3 cm³/mol. The Bertz CT molecular complexity index is 643. The van der Waals surface area contributed by atoms with Crippen molar-refractivity contribution >= 4 is 17.7 Å². The van der Waals surface area contributed by atoms with E-state index in [0.29, 0.717) is 18.9 Å². The van der Waals surface area contributed by atoms with Gasteiger partial charge in [-0.05, 0) is 29.2 Å². The third-order valence-electron chi connectivity index (χ3n) is 3.54. The van der Waals surface area contributed by atoms with E-state index in [1.807, 2.05) is 30.3 Å². The van der Waals surface area contributed by atoms with Gasteiger partial charge in [0.2, 0.25) is 5.91 Å². The molecule has 4 heteroatoms. The molecule has 23 heavy (non-hydrogen) atoms. The second kappa shape index (κ2) is 9.38. The maximum absolute atomic E-state index is 11.9. The highest BCUT2D eigenvalue weighted by atomic mass is 32.2. The van der Waals surface area contributed by atoms with E-state index in [4.69, 9.17) is 4.74 Å². The molecule has 0 aliphatic rings. The monoisotopic (exact) mass is 329 g/mol. The summed E-state index contributed by atoms with van der Waals surface area (Å²) >= 11 is 1.64. The number of benzene rings is 2. The van der Waals surface area contributed by atoms with Crippen molar-refractivity contribution in [3.05, 3.63) is 70.8 Å². The number of aryl methyl sites for hydroxylation is 1. The van der Waals surface area contributed by atoms with E-state index in [0.717, 1.165) is 16.9 Å². The van der Waals surface area contributed by atoms with Crippen molar-refractivity contribution in [3.8, 4) is 0 Å². The van der Waals surface area contributed by atoms with Crippen molar-refractivity contribution in [1.82, 2.24) is 5.32 Å². The van der Waals surface area contributed by atoms with E-state index in [1.54, 1.807) is 18.9 Å². The maximum Gasteiger partial charge on any atom is 0.230 e. The summed E-state index contributed by atoms with van der Waals surface area (Å²) in [6, 6.07) is 16.4. The number of methoxy groups -OCH3 is 1. The molecule has 2 aromatic rings. The van der Waals surface area contributed by atoms with Crippen LogP contribution in [-0.4, -0.2) is 18.8 Å². The summed E-state index contributed by atoms with van der Waals surface area (Å²) in [6.07, 6.45) is 0. The number of amides is 1. The number of carbonyl (C=O) groups excluding carboxylic acids is 1. The molecule has 0 aliphatic heterocycles. The molecule has 2 aromatic carbocycles. The van der Waals surface area contributed by atoms with Crippen LogP contribution in [0.4, 0.5) is 0 Å². The van der Waals surface area contributed by atoms with E-state index in [9.17, 15) is 4.79 Å². The van der Waals surface area contributed by atoms with Crippen LogP contribution in [0.15, 0.2) is 48.5 Å². The molecule has 0 unspecified atom stereocenters. The summed E-state index contributed by atoms with van der Waals surface area (Å²) in [5.41, 5.74) is 4.78. The van der Waals surface area contributed by atoms with Crippen molar-refractivity contribution in [2.45, 2.75) is 25.8 Å². The first-order valence-corrected chi connectivity index (χ1v) is 8.80. The Hall–Kier alpha value is -1.78. The molecule has 0 saturated heterocycles. The third kappa shape index (κ3) is 6.08. The lowest BCUT2D eigenvalue weighted by molar-refractivity contribution is -0.118. The van der Waals surface area contributed by atoms with Gasteiger partial charge in [-0.1, -0.05) is 48.5 Å². The standard InChI is InChI=1S/C19H23NO2S/c1-15-6-3-4-9-18(15)13-23-14-19(21)20-11-16-7-5-8-17(10-16)12-22-2/h3-10H,11-14H2,1-2H3,(H,20,21). The van der Waals surface area contributed by atoms with Crippen LogP contribution >= 0.6 is 11.8 Å². The van der Waals surface area contributed by atoms with Crippen molar-refractivity contribution in [3.63, 3.8) is 0 Å². The molecule has 0 aromatic heterocycles. The Morgan fingerprint density at radius 1 is 1.13 bits per heavy atom. The molecule has 1 amide bonds. The lowest BCUT2D eigenvalue weighted by atomic mass is 10.1. The van der Waals surface area contributed by atoms with Crippen LogP contribution in [0.25, 0.3) is 0 Å². The largest absolute Gasteiger partial charge is 0.380 e. The van der Waals surface area contributed by atoms with E-state index < -0.39 is 0 Å². The van der Waals surface area contributed by atoms with Crippen molar-refractivity contribution in [2.75, 3.05) is 12.9 Å². The molecule has 3 nitrogen and oxygen atoms in total. The fraction of sp³-hybridized carbons (Fsp3) is 0.316. The SMILES string of the molecule is COCc1cccc(CNC(=O)CSCc2ccccc2C)c1. The average molecular weight is 329 g/mol. The zero-order chi connectivity index (χ0) is 16.5. The summed E-state index contributed by atoms with van der Waals surface area (Å²) in [6.45, 7) is 3.25. The van der Waals surface area contributed by atoms with Gasteiger partial charge in [-0.2, -0.15) is 0 Å². The number of hydrogen-bond donors (Lipinski definition) is 1. The van der Waals surface area contributed by atoms with E-state index in [1.165, 1.54) is 11.1 Å². The highest BCUT2D eigenvalue weighted by Gasteiger charge is 2.04. The smallest absolute Gasteiger partial charge is 0.230 e. The molecular weight excluding hydrogens is 306 g/mol. The fourth-order valence-corrected chi connectivity index (χ4v) is 3.21. The van der Waals surface area contributed by atoms with Gasteiger partial charge >= 0.3 is 0 Å². The number of ether oxygens (including phenoxy) is 1. The third-order valence-corrected chi connectivity index (χ3v) is 4.53. The Kier molecular flexibility index (Phi) is 7.17. The highest BCUT2D eigenvalue weighted by molar-refractivity contribution is 7.99. The van der Waals surface area contributed by atoms with Gasteiger partial charge in [0.25, 0.3) is 0 Å².